The molecule has 0 aliphatic carbocycles. The van der Waals surface area contributed by atoms with E-state index in [1.54, 1.807) is 12.1 Å². The fourth-order valence-electron chi connectivity index (χ4n) is 1.19. The van der Waals surface area contributed by atoms with Crippen molar-refractivity contribution in [1.29, 1.82) is 0 Å². The average molecular weight is 304 g/mol. The van der Waals surface area contributed by atoms with Crippen molar-refractivity contribution in [3.63, 3.8) is 0 Å². The maximum atomic E-state index is 11.4. The van der Waals surface area contributed by atoms with Gasteiger partial charge in [-0.3, -0.25) is 4.79 Å². The van der Waals surface area contributed by atoms with Gasteiger partial charge in [0.1, 0.15) is 0 Å². The minimum Gasteiger partial charge on any atom is -0.479 e. The fraction of sp³-hybridized carbons (Fsp3) is 0.333. The Morgan fingerprint density at radius 2 is 1.95 bits per heavy atom. The number of aliphatic hydroxyl groups excluding tert-OH is 1. The van der Waals surface area contributed by atoms with E-state index in [-0.39, 0.29) is 18.2 Å². The number of carboxylic acids is 1. The largest absolute Gasteiger partial charge is 0.479 e. The number of amides is 1. The van der Waals surface area contributed by atoms with Crippen molar-refractivity contribution in [1.82, 2.24) is 5.32 Å². The highest BCUT2D eigenvalue weighted by Gasteiger charge is 2.13. The maximum absolute atomic E-state index is 11.4. The molecule has 1 aromatic rings. The number of carboxylic acid groups (broad SMARTS) is 1. The Morgan fingerprint density at radius 3 is 2.53 bits per heavy atom. The average Bonchev–Trinajstić information content (AvgIpc) is 2.38. The Bertz CT molecular complexity index is 438. The van der Waals surface area contributed by atoms with Crippen LogP contribution in [0.5, 0.6) is 0 Å². The lowest BCUT2D eigenvalue weighted by Gasteiger charge is -2.07. The van der Waals surface area contributed by atoms with E-state index in [1.807, 2.05) is 12.1 Å². The summed E-state index contributed by atoms with van der Waals surface area (Å²) in [5.74, 6) is -0.797. The van der Waals surface area contributed by atoms with E-state index in [0.29, 0.717) is 10.8 Å². The molecule has 104 valence electrons. The molecule has 1 unspecified atom stereocenters. The zero-order chi connectivity index (χ0) is 14.3. The molecule has 0 radical (unpaired) electrons. The molecule has 0 saturated carbocycles. The van der Waals surface area contributed by atoms with Crippen molar-refractivity contribution in [2.45, 2.75) is 11.9 Å². The number of hydrogen-bond acceptors (Lipinski definition) is 4. The van der Waals surface area contributed by atoms with Gasteiger partial charge < -0.3 is 15.5 Å². The Hall–Kier alpha value is -1.24. The van der Waals surface area contributed by atoms with Gasteiger partial charge in [-0.05, 0) is 17.7 Å². The standard InChI is InChI=1S/C12H14ClNO4S/c13-9-3-1-8(2-4-9)6-19-7-11(16)14-5-10(15)12(17)18/h1-4,10,15H,5-7H2,(H,14,16)(H,17,18). The van der Waals surface area contributed by atoms with Crippen molar-refractivity contribution in [3.8, 4) is 0 Å². The third kappa shape index (κ3) is 6.47. The van der Waals surface area contributed by atoms with E-state index in [0.717, 1.165) is 5.56 Å². The molecule has 0 aromatic heterocycles. The SMILES string of the molecule is O=C(CSCc1ccc(Cl)cc1)NCC(O)C(=O)O. The van der Waals surface area contributed by atoms with Crippen molar-refractivity contribution < 1.29 is 19.8 Å². The number of benzene rings is 1. The van der Waals surface area contributed by atoms with Gasteiger partial charge in [0.15, 0.2) is 6.10 Å². The van der Waals surface area contributed by atoms with Crippen LogP contribution in [0.15, 0.2) is 24.3 Å². The first-order chi connectivity index (χ1) is 8.99. The van der Waals surface area contributed by atoms with Gasteiger partial charge in [-0.15, -0.1) is 11.8 Å². The van der Waals surface area contributed by atoms with Crippen molar-refractivity contribution in [3.05, 3.63) is 34.9 Å². The zero-order valence-corrected chi connectivity index (χ0v) is 11.6. The Balaban J connectivity index is 2.20. The predicted octanol–water partition coefficient (Wildman–Crippen LogP) is 1.13. The van der Waals surface area contributed by atoms with Crippen molar-refractivity contribution in [2.75, 3.05) is 12.3 Å². The molecule has 1 amide bonds. The lowest BCUT2D eigenvalue weighted by atomic mass is 10.2. The molecule has 19 heavy (non-hydrogen) atoms. The lowest BCUT2D eigenvalue weighted by molar-refractivity contribution is -0.146. The van der Waals surface area contributed by atoms with Crippen LogP contribution in [0.3, 0.4) is 0 Å². The van der Waals surface area contributed by atoms with Gasteiger partial charge in [-0.2, -0.15) is 0 Å². The van der Waals surface area contributed by atoms with Gasteiger partial charge in [-0.1, -0.05) is 23.7 Å². The van der Waals surface area contributed by atoms with Crippen molar-refractivity contribution in [2.24, 2.45) is 0 Å². The number of aliphatic carboxylic acids is 1. The second kappa shape index (κ2) is 8.04. The highest BCUT2D eigenvalue weighted by molar-refractivity contribution is 7.99. The molecular weight excluding hydrogens is 290 g/mol. The van der Waals surface area contributed by atoms with E-state index in [2.05, 4.69) is 5.32 Å². The molecule has 1 rings (SSSR count). The number of halogens is 1. The van der Waals surface area contributed by atoms with Crippen LogP contribution >= 0.6 is 23.4 Å². The van der Waals surface area contributed by atoms with Gasteiger partial charge in [0, 0.05) is 10.8 Å². The summed E-state index contributed by atoms with van der Waals surface area (Å²) < 4.78 is 0. The van der Waals surface area contributed by atoms with Crippen LogP contribution in [0, 0.1) is 0 Å². The molecule has 1 aromatic carbocycles. The summed E-state index contributed by atoms with van der Waals surface area (Å²) in [5.41, 5.74) is 1.05. The van der Waals surface area contributed by atoms with Crippen LogP contribution in [0.1, 0.15) is 5.56 Å². The minimum atomic E-state index is -1.56. The van der Waals surface area contributed by atoms with E-state index < -0.39 is 12.1 Å². The van der Waals surface area contributed by atoms with Crippen LogP contribution in [0.2, 0.25) is 5.02 Å². The molecule has 0 fully saturated rings. The molecule has 0 heterocycles. The zero-order valence-electron chi connectivity index (χ0n) is 10.0. The van der Waals surface area contributed by atoms with Gasteiger partial charge in [0.25, 0.3) is 0 Å². The normalized spacial score (nSPS) is 11.9. The summed E-state index contributed by atoms with van der Waals surface area (Å²) in [6, 6.07) is 7.31. The second-order valence-electron chi connectivity index (χ2n) is 3.78. The Kier molecular flexibility index (Phi) is 6.69. The molecule has 1 atom stereocenters. The molecule has 0 saturated heterocycles. The number of hydrogen-bond donors (Lipinski definition) is 3. The molecule has 0 bridgehead atoms. The monoisotopic (exact) mass is 303 g/mol. The Labute approximate surface area is 120 Å². The number of carbonyl (C=O) groups is 2. The number of nitrogens with one attached hydrogen (secondary N) is 1. The summed E-state index contributed by atoms with van der Waals surface area (Å²) in [4.78, 5) is 21.7. The van der Waals surface area contributed by atoms with Crippen LogP contribution < -0.4 is 5.32 Å². The molecule has 3 N–H and O–H groups in total. The molecule has 0 aliphatic heterocycles. The van der Waals surface area contributed by atoms with Gasteiger partial charge in [-0.25, -0.2) is 4.79 Å². The summed E-state index contributed by atoms with van der Waals surface area (Å²) in [7, 11) is 0. The van der Waals surface area contributed by atoms with E-state index in [4.69, 9.17) is 21.8 Å². The van der Waals surface area contributed by atoms with Gasteiger partial charge in [0.05, 0.1) is 12.3 Å². The second-order valence-corrected chi connectivity index (χ2v) is 5.20. The summed E-state index contributed by atoms with van der Waals surface area (Å²) >= 11 is 7.15. The van der Waals surface area contributed by atoms with E-state index in [1.165, 1.54) is 11.8 Å². The van der Waals surface area contributed by atoms with E-state index >= 15 is 0 Å². The molecule has 5 nitrogen and oxygen atoms in total. The summed E-state index contributed by atoms with van der Waals surface area (Å²) in [5, 5.41) is 20.4. The van der Waals surface area contributed by atoms with Crippen LogP contribution in [0.4, 0.5) is 0 Å². The minimum absolute atomic E-state index is 0.203. The number of aliphatic hydroxyl groups is 1. The number of thioether (sulfide) groups is 1. The smallest absolute Gasteiger partial charge is 0.334 e. The van der Waals surface area contributed by atoms with Gasteiger partial charge >= 0.3 is 5.97 Å². The van der Waals surface area contributed by atoms with Crippen molar-refractivity contribution >= 4 is 35.2 Å². The lowest BCUT2D eigenvalue weighted by Crippen LogP contribution is -2.37. The Morgan fingerprint density at radius 1 is 1.32 bits per heavy atom. The molecule has 0 spiro atoms. The third-order valence-electron chi connectivity index (χ3n) is 2.19. The maximum Gasteiger partial charge on any atom is 0.334 e. The van der Waals surface area contributed by atoms with Gasteiger partial charge in [0.2, 0.25) is 5.91 Å². The summed E-state index contributed by atoms with van der Waals surface area (Å²) in [6.45, 7) is -0.282. The quantitative estimate of drug-likeness (QED) is 0.703. The first-order valence-electron chi connectivity index (χ1n) is 5.49. The van der Waals surface area contributed by atoms with Crippen LogP contribution in [0.25, 0.3) is 0 Å². The summed E-state index contributed by atoms with van der Waals surface area (Å²) in [6.07, 6.45) is -1.56. The first-order valence-corrected chi connectivity index (χ1v) is 7.02. The highest BCUT2D eigenvalue weighted by Crippen LogP contribution is 2.15. The predicted molar refractivity (Wildman–Crippen MR) is 74.3 cm³/mol. The third-order valence-corrected chi connectivity index (χ3v) is 3.45. The molecule has 7 heteroatoms. The van der Waals surface area contributed by atoms with Crippen LogP contribution in [-0.2, 0) is 15.3 Å². The highest BCUT2D eigenvalue weighted by atomic mass is 35.5. The fourth-order valence-corrected chi connectivity index (χ4v) is 2.13. The number of rotatable bonds is 7. The molecular formula is C12H14ClNO4S. The van der Waals surface area contributed by atoms with E-state index in [9.17, 15) is 9.59 Å². The number of carbonyl (C=O) groups excluding carboxylic acids is 1. The first kappa shape index (κ1) is 15.8. The molecule has 0 aliphatic rings. The topological polar surface area (TPSA) is 86.6 Å². The van der Waals surface area contributed by atoms with Crippen LogP contribution in [-0.4, -0.2) is 40.5 Å².